The van der Waals surface area contributed by atoms with E-state index >= 15 is 0 Å². The highest BCUT2D eigenvalue weighted by atomic mass is 79.9. The molecule has 2 rings (SSSR count). The second kappa shape index (κ2) is 6.55. The maximum atomic E-state index is 12.2. The maximum Gasteiger partial charge on any atom is 0.344 e. The van der Waals surface area contributed by atoms with E-state index in [9.17, 15) is 9.90 Å². The number of carbonyl (C=O) groups is 1. The number of rotatable bonds is 5. The summed E-state index contributed by atoms with van der Waals surface area (Å²) in [6.45, 7) is 1.66. The minimum absolute atomic E-state index is 0.145. The van der Waals surface area contributed by atoms with Gasteiger partial charge in [0.05, 0.1) is 13.2 Å². The highest BCUT2D eigenvalue weighted by Gasteiger charge is 2.42. The normalized spacial score (nSPS) is 13.7. The summed E-state index contributed by atoms with van der Waals surface area (Å²) in [6.07, 6.45) is 2.71. The van der Waals surface area contributed by atoms with Crippen LogP contribution in [0.15, 0.2) is 35.3 Å². The lowest BCUT2D eigenvalue weighted by Gasteiger charge is -2.27. The first-order chi connectivity index (χ1) is 9.97. The van der Waals surface area contributed by atoms with Crippen LogP contribution in [0.5, 0.6) is 0 Å². The first-order valence-electron chi connectivity index (χ1n) is 6.15. The lowest BCUT2D eigenvalue weighted by molar-refractivity contribution is -0.168. The smallest absolute Gasteiger partial charge is 0.344 e. The van der Waals surface area contributed by atoms with Crippen LogP contribution in [0.2, 0.25) is 5.02 Å². The number of benzene rings is 1. The topological polar surface area (TPSA) is 77.2 Å². The van der Waals surface area contributed by atoms with E-state index in [0.29, 0.717) is 0 Å². The van der Waals surface area contributed by atoms with Gasteiger partial charge in [0, 0.05) is 15.1 Å². The lowest BCUT2D eigenvalue weighted by atomic mass is 9.93. The van der Waals surface area contributed by atoms with E-state index in [1.54, 1.807) is 25.1 Å². The zero-order chi connectivity index (χ0) is 15.5. The molecule has 0 saturated heterocycles. The zero-order valence-corrected chi connectivity index (χ0v) is 13.5. The third-order valence-electron chi connectivity index (χ3n) is 2.85. The van der Waals surface area contributed by atoms with Gasteiger partial charge in [-0.15, -0.1) is 0 Å². The van der Waals surface area contributed by atoms with E-state index in [-0.39, 0.29) is 23.7 Å². The molecule has 0 aliphatic carbocycles. The fraction of sp³-hybridized carbons (Fsp3) is 0.308. The summed E-state index contributed by atoms with van der Waals surface area (Å²) in [4.78, 5) is 16.0. The summed E-state index contributed by atoms with van der Waals surface area (Å²) in [5.74, 6) is -0.787. The molecule has 6 nitrogen and oxygen atoms in total. The Kier molecular flexibility index (Phi) is 4.97. The van der Waals surface area contributed by atoms with E-state index in [2.05, 4.69) is 26.0 Å². The third-order valence-corrected chi connectivity index (χ3v) is 3.65. The van der Waals surface area contributed by atoms with Gasteiger partial charge in [0.25, 0.3) is 0 Å². The molecule has 0 radical (unpaired) electrons. The number of aromatic nitrogens is 3. The van der Waals surface area contributed by atoms with Crippen molar-refractivity contribution in [2.45, 2.75) is 19.1 Å². The van der Waals surface area contributed by atoms with Gasteiger partial charge in [-0.2, -0.15) is 5.10 Å². The van der Waals surface area contributed by atoms with Gasteiger partial charge in [0.1, 0.15) is 12.7 Å². The molecule has 0 aliphatic heterocycles. The van der Waals surface area contributed by atoms with Crippen LogP contribution in [-0.2, 0) is 21.7 Å². The third kappa shape index (κ3) is 3.42. The molecule has 0 unspecified atom stereocenters. The van der Waals surface area contributed by atoms with Crippen molar-refractivity contribution in [2.24, 2.45) is 0 Å². The molecule has 0 saturated carbocycles. The Morgan fingerprint density at radius 2 is 2.33 bits per heavy atom. The molecular formula is C13H13BrClN3O3. The predicted molar refractivity (Wildman–Crippen MR) is 79.7 cm³/mol. The number of carbonyl (C=O) groups excluding carboxylic acids is 1. The Morgan fingerprint density at radius 3 is 2.90 bits per heavy atom. The molecule has 0 aliphatic rings. The SMILES string of the molecule is CCOC(=O)[C@@](O)(Cn1cncn1)c1ccc(Br)cc1Cl. The molecule has 8 heteroatoms. The van der Waals surface area contributed by atoms with Crippen molar-refractivity contribution in [3.63, 3.8) is 0 Å². The van der Waals surface area contributed by atoms with Crippen molar-refractivity contribution >= 4 is 33.5 Å². The molecule has 1 heterocycles. The number of esters is 1. The fourth-order valence-electron chi connectivity index (χ4n) is 1.88. The minimum Gasteiger partial charge on any atom is -0.464 e. The van der Waals surface area contributed by atoms with Gasteiger partial charge in [0.15, 0.2) is 0 Å². The second-order valence-corrected chi connectivity index (χ2v) is 5.62. The van der Waals surface area contributed by atoms with Crippen molar-refractivity contribution in [1.29, 1.82) is 0 Å². The van der Waals surface area contributed by atoms with Crippen LogP contribution in [0.25, 0.3) is 0 Å². The molecule has 1 aromatic carbocycles. The van der Waals surface area contributed by atoms with Gasteiger partial charge in [-0.3, -0.25) is 0 Å². The summed E-state index contributed by atoms with van der Waals surface area (Å²) < 4.78 is 7.06. The standard InChI is InChI=1S/C13H13BrClN3O3/c1-2-21-12(19)13(20,6-18-8-16-7-17-18)10-4-3-9(14)5-11(10)15/h3-5,7-8,20H,2,6H2,1H3/t13-/m1/s1. The van der Waals surface area contributed by atoms with Crippen molar-refractivity contribution in [3.8, 4) is 0 Å². The lowest BCUT2D eigenvalue weighted by Crippen LogP contribution is -2.42. The van der Waals surface area contributed by atoms with Gasteiger partial charge >= 0.3 is 5.97 Å². The Hall–Kier alpha value is -1.44. The monoisotopic (exact) mass is 373 g/mol. The second-order valence-electron chi connectivity index (χ2n) is 4.30. The largest absolute Gasteiger partial charge is 0.464 e. The molecular weight excluding hydrogens is 362 g/mol. The van der Waals surface area contributed by atoms with E-state index in [1.165, 1.54) is 17.3 Å². The van der Waals surface area contributed by atoms with Crippen LogP contribution in [0.3, 0.4) is 0 Å². The van der Waals surface area contributed by atoms with Crippen LogP contribution in [0, 0.1) is 0 Å². The van der Waals surface area contributed by atoms with E-state index < -0.39 is 11.6 Å². The van der Waals surface area contributed by atoms with Crippen LogP contribution in [0.1, 0.15) is 12.5 Å². The summed E-state index contributed by atoms with van der Waals surface area (Å²) in [5.41, 5.74) is -1.69. The van der Waals surface area contributed by atoms with Gasteiger partial charge in [-0.25, -0.2) is 14.5 Å². The van der Waals surface area contributed by atoms with Crippen LogP contribution in [-0.4, -0.2) is 32.4 Å². The van der Waals surface area contributed by atoms with Crippen molar-refractivity contribution in [1.82, 2.24) is 14.8 Å². The van der Waals surface area contributed by atoms with E-state index in [0.717, 1.165) is 4.47 Å². The van der Waals surface area contributed by atoms with Crippen LogP contribution >= 0.6 is 27.5 Å². The first-order valence-corrected chi connectivity index (χ1v) is 7.32. The van der Waals surface area contributed by atoms with Gasteiger partial charge in [-0.1, -0.05) is 33.6 Å². The number of nitrogens with zero attached hydrogens (tertiary/aromatic N) is 3. The number of hydrogen-bond donors (Lipinski definition) is 1. The molecule has 21 heavy (non-hydrogen) atoms. The molecule has 0 fully saturated rings. The molecule has 112 valence electrons. The van der Waals surface area contributed by atoms with Crippen molar-refractivity contribution < 1.29 is 14.6 Å². The van der Waals surface area contributed by atoms with Crippen LogP contribution in [0.4, 0.5) is 0 Å². The summed E-state index contributed by atoms with van der Waals surface area (Å²) in [6, 6.07) is 4.86. The molecule has 1 atom stereocenters. The van der Waals surface area contributed by atoms with Crippen molar-refractivity contribution in [3.05, 3.63) is 45.9 Å². The van der Waals surface area contributed by atoms with Gasteiger partial charge in [-0.05, 0) is 19.1 Å². The van der Waals surface area contributed by atoms with Gasteiger partial charge in [0.2, 0.25) is 5.60 Å². The number of hydrogen-bond acceptors (Lipinski definition) is 5. The molecule has 0 spiro atoms. The Bertz CT molecular complexity index is 636. The first kappa shape index (κ1) is 15.9. The summed E-state index contributed by atoms with van der Waals surface area (Å²) in [5, 5.41) is 15.0. The Morgan fingerprint density at radius 1 is 1.57 bits per heavy atom. The Balaban J connectivity index is 2.46. The molecule has 1 aromatic heterocycles. The van der Waals surface area contributed by atoms with E-state index in [1.807, 2.05) is 0 Å². The summed E-state index contributed by atoms with van der Waals surface area (Å²) in [7, 11) is 0. The zero-order valence-electron chi connectivity index (χ0n) is 11.2. The van der Waals surface area contributed by atoms with Gasteiger partial charge < -0.3 is 9.84 Å². The average Bonchev–Trinajstić information content (AvgIpc) is 2.91. The Labute approximate surface area is 134 Å². The molecule has 1 N–H and O–H groups in total. The quantitative estimate of drug-likeness (QED) is 0.812. The summed E-state index contributed by atoms with van der Waals surface area (Å²) >= 11 is 9.44. The van der Waals surface area contributed by atoms with E-state index in [4.69, 9.17) is 16.3 Å². The molecule has 0 bridgehead atoms. The number of halogens is 2. The fourth-order valence-corrected chi connectivity index (χ4v) is 2.71. The minimum atomic E-state index is -1.94. The molecule has 0 amide bonds. The highest BCUT2D eigenvalue weighted by molar-refractivity contribution is 9.10. The number of ether oxygens (including phenoxy) is 1. The van der Waals surface area contributed by atoms with Crippen molar-refractivity contribution in [2.75, 3.05) is 6.61 Å². The number of aliphatic hydroxyl groups is 1. The van der Waals surface area contributed by atoms with Crippen LogP contribution < -0.4 is 0 Å². The predicted octanol–water partition coefficient (Wildman–Crippen LogP) is 2.14. The average molecular weight is 375 g/mol. The highest BCUT2D eigenvalue weighted by Crippen LogP contribution is 2.33. The maximum absolute atomic E-state index is 12.2. The molecule has 2 aromatic rings.